The molecule has 1 aromatic carbocycles. The maximum atomic E-state index is 12.2. The van der Waals surface area contributed by atoms with Crippen LogP contribution in [0.5, 0.6) is 0 Å². The molecule has 1 aromatic heterocycles. The fraction of sp³-hybridized carbons (Fsp3) is 0.474. The molecule has 2 amide bonds. The van der Waals surface area contributed by atoms with Crippen LogP contribution in [0.4, 0.5) is 0 Å². The van der Waals surface area contributed by atoms with Crippen LogP contribution in [0.3, 0.4) is 0 Å². The van der Waals surface area contributed by atoms with E-state index in [1.165, 1.54) is 0 Å². The Bertz CT molecular complexity index is 754. The lowest BCUT2D eigenvalue weighted by atomic mass is 10.1. The van der Waals surface area contributed by atoms with Crippen LogP contribution in [0.1, 0.15) is 48.3 Å². The summed E-state index contributed by atoms with van der Waals surface area (Å²) in [7, 11) is 0. The number of likely N-dealkylation sites (tertiary alicyclic amines) is 1. The lowest BCUT2D eigenvalue weighted by molar-refractivity contribution is -0.130. The van der Waals surface area contributed by atoms with Crippen LogP contribution >= 0.6 is 0 Å². The average Bonchev–Trinajstić information content (AvgIpc) is 2.98. The zero-order valence-corrected chi connectivity index (χ0v) is 15.0. The second kappa shape index (κ2) is 8.60. The first-order valence-corrected chi connectivity index (χ1v) is 9.10. The van der Waals surface area contributed by atoms with Gasteiger partial charge in [-0.05, 0) is 50.5 Å². The van der Waals surface area contributed by atoms with Gasteiger partial charge >= 0.3 is 0 Å². The Morgan fingerprint density at radius 1 is 1.23 bits per heavy atom. The van der Waals surface area contributed by atoms with Crippen molar-refractivity contribution in [2.75, 3.05) is 19.6 Å². The molecule has 3 rings (SSSR count). The molecule has 1 aliphatic rings. The molecular formula is C19H24N4O3. The van der Waals surface area contributed by atoms with Crippen LogP contribution in [0.2, 0.25) is 0 Å². The maximum Gasteiger partial charge on any atom is 0.257 e. The molecule has 0 atom stereocenters. The Labute approximate surface area is 152 Å². The molecule has 1 N–H and O–H groups in total. The van der Waals surface area contributed by atoms with Crippen LogP contribution in [0.25, 0.3) is 11.5 Å². The molecule has 0 spiro atoms. The maximum absolute atomic E-state index is 12.2. The number of hydrogen-bond acceptors (Lipinski definition) is 5. The van der Waals surface area contributed by atoms with Gasteiger partial charge in [0.05, 0.1) is 0 Å². The quantitative estimate of drug-likeness (QED) is 0.804. The topological polar surface area (TPSA) is 88.3 Å². The van der Waals surface area contributed by atoms with E-state index in [9.17, 15) is 9.59 Å². The third-order valence-electron chi connectivity index (χ3n) is 4.48. The molecule has 1 saturated heterocycles. The first-order valence-electron chi connectivity index (χ1n) is 9.10. The van der Waals surface area contributed by atoms with Crippen LogP contribution in [-0.2, 0) is 4.79 Å². The lowest BCUT2D eigenvalue weighted by Gasteiger charge is -2.20. The minimum Gasteiger partial charge on any atom is -0.352 e. The number of aromatic nitrogens is 2. The van der Waals surface area contributed by atoms with E-state index < -0.39 is 0 Å². The van der Waals surface area contributed by atoms with E-state index in [-0.39, 0.29) is 11.8 Å². The summed E-state index contributed by atoms with van der Waals surface area (Å²) < 4.78 is 5.11. The zero-order chi connectivity index (χ0) is 18.4. The Hall–Kier alpha value is -2.70. The Kier molecular flexibility index (Phi) is 5.99. The SMILES string of the molecule is Cc1noc(-c2ccc(C(=O)NCCCN3CCCCCC3=O)cc2)n1. The highest BCUT2D eigenvalue weighted by Crippen LogP contribution is 2.17. The summed E-state index contributed by atoms with van der Waals surface area (Å²) in [5.41, 5.74) is 1.36. The zero-order valence-electron chi connectivity index (χ0n) is 15.0. The number of nitrogens with one attached hydrogen (secondary N) is 1. The number of benzene rings is 1. The van der Waals surface area contributed by atoms with E-state index in [1.54, 1.807) is 31.2 Å². The molecule has 7 nitrogen and oxygen atoms in total. The molecule has 138 valence electrons. The number of amides is 2. The van der Waals surface area contributed by atoms with Gasteiger partial charge in [-0.25, -0.2) is 0 Å². The van der Waals surface area contributed by atoms with Crippen molar-refractivity contribution in [3.63, 3.8) is 0 Å². The van der Waals surface area contributed by atoms with Gasteiger partial charge < -0.3 is 14.7 Å². The van der Waals surface area contributed by atoms with Crippen molar-refractivity contribution < 1.29 is 14.1 Å². The predicted octanol–water partition coefficient (Wildman–Crippen LogP) is 2.57. The molecule has 2 aromatic rings. The molecule has 0 saturated carbocycles. The number of aryl methyl sites for hydroxylation is 1. The van der Waals surface area contributed by atoms with Gasteiger partial charge in [-0.3, -0.25) is 9.59 Å². The smallest absolute Gasteiger partial charge is 0.257 e. The summed E-state index contributed by atoms with van der Waals surface area (Å²) in [6.07, 6.45) is 4.60. The average molecular weight is 356 g/mol. The first-order chi connectivity index (χ1) is 12.6. The summed E-state index contributed by atoms with van der Waals surface area (Å²) in [4.78, 5) is 30.2. The largest absolute Gasteiger partial charge is 0.352 e. The predicted molar refractivity (Wildman–Crippen MR) is 96.5 cm³/mol. The minimum atomic E-state index is -0.125. The normalized spacial score (nSPS) is 15.0. The van der Waals surface area contributed by atoms with Crippen molar-refractivity contribution >= 4 is 11.8 Å². The molecule has 0 bridgehead atoms. The van der Waals surface area contributed by atoms with E-state index in [1.807, 2.05) is 4.90 Å². The highest BCUT2D eigenvalue weighted by molar-refractivity contribution is 5.94. The van der Waals surface area contributed by atoms with E-state index in [0.29, 0.717) is 36.8 Å². The van der Waals surface area contributed by atoms with Crippen molar-refractivity contribution in [2.24, 2.45) is 0 Å². The molecule has 2 heterocycles. The van der Waals surface area contributed by atoms with Gasteiger partial charge in [-0.15, -0.1) is 0 Å². The Morgan fingerprint density at radius 3 is 2.77 bits per heavy atom. The Morgan fingerprint density at radius 2 is 2.04 bits per heavy atom. The van der Waals surface area contributed by atoms with Gasteiger partial charge in [-0.2, -0.15) is 4.98 Å². The molecule has 1 aliphatic heterocycles. The van der Waals surface area contributed by atoms with E-state index in [4.69, 9.17) is 4.52 Å². The van der Waals surface area contributed by atoms with Crippen LogP contribution in [-0.4, -0.2) is 46.5 Å². The number of hydrogen-bond donors (Lipinski definition) is 1. The summed E-state index contributed by atoms with van der Waals surface area (Å²) in [5.74, 6) is 1.13. The fourth-order valence-corrected chi connectivity index (χ4v) is 3.03. The second-order valence-corrected chi connectivity index (χ2v) is 6.52. The molecule has 1 fully saturated rings. The van der Waals surface area contributed by atoms with Crippen molar-refractivity contribution in [2.45, 2.75) is 39.0 Å². The summed E-state index contributed by atoms with van der Waals surface area (Å²) in [5, 5.41) is 6.66. The third-order valence-corrected chi connectivity index (χ3v) is 4.48. The van der Waals surface area contributed by atoms with Crippen molar-refractivity contribution in [1.82, 2.24) is 20.4 Å². The number of carbonyl (C=O) groups is 2. The van der Waals surface area contributed by atoms with Crippen molar-refractivity contribution in [3.05, 3.63) is 35.7 Å². The summed E-state index contributed by atoms with van der Waals surface area (Å²) in [6.45, 7) is 3.85. The minimum absolute atomic E-state index is 0.125. The van der Waals surface area contributed by atoms with Crippen LogP contribution in [0.15, 0.2) is 28.8 Å². The number of nitrogens with zero attached hydrogens (tertiary/aromatic N) is 3. The van der Waals surface area contributed by atoms with Gasteiger partial charge in [0, 0.05) is 37.2 Å². The first kappa shape index (κ1) is 18.1. The highest BCUT2D eigenvalue weighted by atomic mass is 16.5. The van der Waals surface area contributed by atoms with Crippen LogP contribution in [0, 0.1) is 6.92 Å². The standard InChI is InChI=1S/C19H24N4O3/c1-14-21-19(26-22-14)16-9-7-15(8-10-16)18(25)20-11-5-13-23-12-4-2-3-6-17(23)24/h7-10H,2-6,11-13H2,1H3,(H,20,25). The molecule has 0 unspecified atom stereocenters. The van der Waals surface area contributed by atoms with Crippen LogP contribution < -0.4 is 5.32 Å². The van der Waals surface area contributed by atoms with Crippen molar-refractivity contribution in [3.8, 4) is 11.5 Å². The third kappa shape index (κ3) is 4.68. The second-order valence-electron chi connectivity index (χ2n) is 6.52. The summed E-state index contributed by atoms with van der Waals surface area (Å²) >= 11 is 0. The number of carbonyl (C=O) groups excluding carboxylic acids is 2. The molecule has 0 aliphatic carbocycles. The molecule has 0 radical (unpaired) electrons. The molecule has 7 heteroatoms. The lowest BCUT2D eigenvalue weighted by Crippen LogP contribution is -2.34. The molecule has 26 heavy (non-hydrogen) atoms. The van der Waals surface area contributed by atoms with Crippen molar-refractivity contribution in [1.29, 1.82) is 0 Å². The van der Waals surface area contributed by atoms with Gasteiger partial charge in [0.2, 0.25) is 5.91 Å². The number of rotatable bonds is 6. The van der Waals surface area contributed by atoms with E-state index in [2.05, 4.69) is 15.5 Å². The van der Waals surface area contributed by atoms with E-state index in [0.717, 1.165) is 37.8 Å². The van der Waals surface area contributed by atoms with Gasteiger partial charge in [-0.1, -0.05) is 11.6 Å². The van der Waals surface area contributed by atoms with Gasteiger partial charge in [0.25, 0.3) is 11.8 Å². The van der Waals surface area contributed by atoms with Gasteiger partial charge in [0.1, 0.15) is 0 Å². The monoisotopic (exact) mass is 356 g/mol. The van der Waals surface area contributed by atoms with E-state index >= 15 is 0 Å². The highest BCUT2D eigenvalue weighted by Gasteiger charge is 2.16. The van der Waals surface area contributed by atoms with Gasteiger partial charge in [0.15, 0.2) is 5.82 Å². The molecular weight excluding hydrogens is 332 g/mol. The Balaban J connectivity index is 1.45. The fourth-order valence-electron chi connectivity index (χ4n) is 3.03. The summed E-state index contributed by atoms with van der Waals surface area (Å²) in [6, 6.07) is 7.06.